The Balaban J connectivity index is 1.60. The van der Waals surface area contributed by atoms with Crippen molar-refractivity contribution in [1.29, 1.82) is 0 Å². The molecule has 3 aromatic rings. The standard InChI is InChI=1S/C24H21N3O/c28-22-14-18(16-7-2-1-3-8-16)13-21-23(22)24(17-9-6-12-25-15-17)27-20-11-5-4-10-19(20)26-21/h1-12,15,18,23-24,27H,13-14H2/t18-,23?,24+/m0/s1. The van der Waals surface area contributed by atoms with Gasteiger partial charge in [-0.1, -0.05) is 48.5 Å². The lowest BCUT2D eigenvalue weighted by Gasteiger charge is -2.33. The number of Topliss-reactive ketones (excluding diaryl/α,β-unsaturated/α-hetero) is 1. The SMILES string of the molecule is O=C1C[C@@H](c2ccccc2)CC2=Nc3ccccc3N[C@H](c3cccnc3)C12. The molecule has 1 aromatic heterocycles. The van der Waals surface area contributed by atoms with Gasteiger partial charge in [0.15, 0.2) is 0 Å². The molecule has 0 saturated heterocycles. The molecule has 3 atom stereocenters. The molecule has 1 aliphatic heterocycles. The summed E-state index contributed by atoms with van der Waals surface area (Å²) >= 11 is 0. The van der Waals surface area contributed by atoms with Crippen LogP contribution in [-0.2, 0) is 4.79 Å². The third-order valence-electron chi connectivity index (χ3n) is 5.74. The highest BCUT2D eigenvalue weighted by Crippen LogP contribution is 2.43. The molecule has 1 aliphatic carbocycles. The van der Waals surface area contributed by atoms with E-state index in [0.29, 0.717) is 6.42 Å². The second-order valence-electron chi connectivity index (χ2n) is 7.49. The number of carbonyl (C=O) groups is 1. The number of carbonyl (C=O) groups excluding carboxylic acids is 1. The molecule has 1 N–H and O–H groups in total. The van der Waals surface area contributed by atoms with E-state index in [1.807, 2.05) is 60.8 Å². The van der Waals surface area contributed by atoms with Crippen molar-refractivity contribution in [2.24, 2.45) is 10.9 Å². The van der Waals surface area contributed by atoms with Gasteiger partial charge in [0.05, 0.1) is 23.3 Å². The van der Waals surface area contributed by atoms with Crippen LogP contribution in [0.2, 0.25) is 0 Å². The lowest BCUT2D eigenvalue weighted by molar-refractivity contribution is -0.122. The third-order valence-corrected chi connectivity index (χ3v) is 5.74. The number of rotatable bonds is 2. The maximum absolute atomic E-state index is 13.4. The Morgan fingerprint density at radius 1 is 0.857 bits per heavy atom. The van der Waals surface area contributed by atoms with E-state index in [1.54, 1.807) is 6.20 Å². The van der Waals surface area contributed by atoms with Crippen LogP contribution < -0.4 is 5.32 Å². The molecule has 4 heteroatoms. The highest BCUT2D eigenvalue weighted by Gasteiger charge is 2.41. The molecule has 2 heterocycles. The number of aromatic nitrogens is 1. The number of nitrogens with one attached hydrogen (secondary N) is 1. The number of para-hydroxylation sites is 2. The van der Waals surface area contributed by atoms with Gasteiger partial charge in [-0.3, -0.25) is 14.8 Å². The number of nitrogens with zero attached hydrogens (tertiary/aromatic N) is 2. The van der Waals surface area contributed by atoms with Gasteiger partial charge in [0.2, 0.25) is 0 Å². The molecular weight excluding hydrogens is 346 g/mol. The Morgan fingerprint density at radius 2 is 1.64 bits per heavy atom. The lowest BCUT2D eigenvalue weighted by atomic mass is 9.72. The van der Waals surface area contributed by atoms with E-state index < -0.39 is 0 Å². The van der Waals surface area contributed by atoms with Gasteiger partial charge >= 0.3 is 0 Å². The molecule has 1 saturated carbocycles. The van der Waals surface area contributed by atoms with Crippen molar-refractivity contribution < 1.29 is 4.79 Å². The summed E-state index contributed by atoms with van der Waals surface area (Å²) in [6.45, 7) is 0. The van der Waals surface area contributed by atoms with Gasteiger partial charge in [0.1, 0.15) is 5.78 Å². The topological polar surface area (TPSA) is 54.4 Å². The summed E-state index contributed by atoms with van der Waals surface area (Å²) in [5.74, 6) is 0.160. The normalized spacial score (nSPS) is 23.6. The minimum Gasteiger partial charge on any atom is -0.375 e. The minimum absolute atomic E-state index is 0.152. The Labute approximate surface area is 164 Å². The van der Waals surface area contributed by atoms with E-state index in [-0.39, 0.29) is 23.7 Å². The maximum atomic E-state index is 13.4. The third kappa shape index (κ3) is 3.01. The van der Waals surface area contributed by atoms with Gasteiger partial charge in [-0.25, -0.2) is 0 Å². The molecule has 4 nitrogen and oxygen atoms in total. The van der Waals surface area contributed by atoms with E-state index in [4.69, 9.17) is 4.99 Å². The van der Waals surface area contributed by atoms with Gasteiger partial charge in [-0.05, 0) is 41.7 Å². The Hall–Kier alpha value is -3.27. The molecule has 1 unspecified atom stereocenters. The second kappa shape index (κ2) is 7.04. The van der Waals surface area contributed by atoms with Crippen molar-refractivity contribution in [2.75, 3.05) is 5.32 Å². The zero-order valence-electron chi connectivity index (χ0n) is 15.5. The van der Waals surface area contributed by atoms with Crippen LogP contribution in [0.5, 0.6) is 0 Å². The fourth-order valence-corrected chi connectivity index (χ4v) is 4.40. The number of ketones is 1. The molecule has 0 spiro atoms. The van der Waals surface area contributed by atoms with Crippen LogP contribution in [0.1, 0.15) is 35.9 Å². The van der Waals surface area contributed by atoms with Crippen molar-refractivity contribution in [1.82, 2.24) is 4.98 Å². The van der Waals surface area contributed by atoms with Gasteiger partial charge in [-0.15, -0.1) is 0 Å². The highest BCUT2D eigenvalue weighted by molar-refractivity contribution is 6.10. The van der Waals surface area contributed by atoms with Crippen LogP contribution in [0, 0.1) is 5.92 Å². The van der Waals surface area contributed by atoms with Gasteiger partial charge in [0.25, 0.3) is 0 Å². The molecule has 5 rings (SSSR count). The van der Waals surface area contributed by atoms with E-state index in [9.17, 15) is 4.79 Å². The molecule has 2 aromatic carbocycles. The fourth-order valence-electron chi connectivity index (χ4n) is 4.40. The van der Waals surface area contributed by atoms with E-state index in [2.05, 4.69) is 22.4 Å². The predicted octanol–water partition coefficient (Wildman–Crippen LogP) is 5.08. The number of pyridine rings is 1. The largest absolute Gasteiger partial charge is 0.375 e. The number of anilines is 1. The smallest absolute Gasteiger partial charge is 0.144 e. The average Bonchev–Trinajstić information content (AvgIpc) is 2.92. The Morgan fingerprint density at radius 3 is 2.46 bits per heavy atom. The van der Waals surface area contributed by atoms with Crippen LogP contribution >= 0.6 is 0 Å². The maximum Gasteiger partial charge on any atom is 0.144 e. The summed E-state index contributed by atoms with van der Waals surface area (Å²) < 4.78 is 0. The molecule has 0 bridgehead atoms. The monoisotopic (exact) mass is 367 g/mol. The molecule has 2 aliphatic rings. The van der Waals surface area contributed by atoms with Crippen molar-refractivity contribution in [3.05, 3.63) is 90.3 Å². The molecule has 0 amide bonds. The molecular formula is C24H21N3O. The second-order valence-corrected chi connectivity index (χ2v) is 7.49. The zero-order valence-corrected chi connectivity index (χ0v) is 15.5. The first kappa shape index (κ1) is 16.9. The Kier molecular flexibility index (Phi) is 4.24. The van der Waals surface area contributed by atoms with Crippen LogP contribution in [0.25, 0.3) is 0 Å². The summed E-state index contributed by atoms with van der Waals surface area (Å²) in [4.78, 5) is 22.6. The predicted molar refractivity (Wildman–Crippen MR) is 111 cm³/mol. The fraction of sp³-hybridized carbons (Fsp3) is 0.208. The molecule has 28 heavy (non-hydrogen) atoms. The van der Waals surface area contributed by atoms with Crippen molar-refractivity contribution >= 4 is 22.9 Å². The van der Waals surface area contributed by atoms with Crippen molar-refractivity contribution in [3.63, 3.8) is 0 Å². The van der Waals surface area contributed by atoms with E-state index in [1.165, 1.54) is 5.56 Å². The lowest BCUT2D eigenvalue weighted by Crippen LogP contribution is -2.38. The molecule has 0 radical (unpaired) electrons. The number of fused-ring (bicyclic) bond motifs is 2. The molecule has 1 fully saturated rings. The first-order chi connectivity index (χ1) is 13.8. The van der Waals surface area contributed by atoms with Crippen LogP contribution in [0.15, 0.2) is 84.1 Å². The molecule has 138 valence electrons. The van der Waals surface area contributed by atoms with Crippen LogP contribution in [0.3, 0.4) is 0 Å². The number of benzene rings is 2. The quantitative estimate of drug-likeness (QED) is 0.687. The first-order valence-corrected chi connectivity index (χ1v) is 9.70. The number of hydrogen-bond acceptors (Lipinski definition) is 4. The van der Waals surface area contributed by atoms with Crippen LogP contribution in [0.4, 0.5) is 11.4 Å². The summed E-state index contributed by atoms with van der Waals surface area (Å²) in [5, 5.41) is 3.58. The Bertz CT molecular complexity index is 1030. The summed E-state index contributed by atoms with van der Waals surface area (Å²) in [6, 6.07) is 22.1. The zero-order chi connectivity index (χ0) is 18.9. The first-order valence-electron chi connectivity index (χ1n) is 9.70. The summed E-state index contributed by atoms with van der Waals surface area (Å²) in [6.07, 6.45) is 4.95. The van der Waals surface area contributed by atoms with E-state index >= 15 is 0 Å². The van der Waals surface area contributed by atoms with Gasteiger partial charge in [-0.2, -0.15) is 0 Å². The van der Waals surface area contributed by atoms with Gasteiger partial charge in [0, 0.05) is 24.5 Å². The number of hydrogen-bond donors (Lipinski definition) is 1. The average molecular weight is 367 g/mol. The van der Waals surface area contributed by atoms with Gasteiger partial charge < -0.3 is 5.32 Å². The van der Waals surface area contributed by atoms with Crippen LogP contribution in [-0.4, -0.2) is 16.5 Å². The summed E-state index contributed by atoms with van der Waals surface area (Å²) in [7, 11) is 0. The highest BCUT2D eigenvalue weighted by atomic mass is 16.1. The van der Waals surface area contributed by atoms with Crippen molar-refractivity contribution in [3.8, 4) is 0 Å². The minimum atomic E-state index is -0.267. The number of aliphatic imine (C=N–C) groups is 1. The summed E-state index contributed by atoms with van der Waals surface area (Å²) in [5.41, 5.74) is 5.05. The van der Waals surface area contributed by atoms with E-state index in [0.717, 1.165) is 29.1 Å². The van der Waals surface area contributed by atoms with Crippen molar-refractivity contribution in [2.45, 2.75) is 24.8 Å².